The minimum absolute atomic E-state index is 0.578. The fourth-order valence-corrected chi connectivity index (χ4v) is 2.18. The molecule has 0 fully saturated rings. The second kappa shape index (κ2) is 2.57. The van der Waals surface area contributed by atoms with E-state index in [9.17, 15) is 13.9 Å². The smallest absolute Gasteiger partial charge is 0.339 e. The van der Waals surface area contributed by atoms with E-state index in [-0.39, 0.29) is 0 Å². The molecule has 0 radical (unpaired) electrons. The van der Waals surface area contributed by atoms with Crippen LogP contribution in [0.3, 0.4) is 0 Å². The average molecular weight is 188 g/mol. The molecule has 0 saturated carbocycles. The Morgan fingerprint density at radius 2 is 1.50 bits per heavy atom. The Hall–Kier alpha value is 0.01000. The first-order valence-electron chi connectivity index (χ1n) is 2.06. The summed E-state index contributed by atoms with van der Waals surface area (Å²) in [4.78, 5) is 34.6. The first-order chi connectivity index (χ1) is 4.15. The Labute approximate surface area is 56.5 Å². The molecule has 0 spiro atoms. The van der Waals surface area contributed by atoms with Crippen molar-refractivity contribution < 1.29 is 28.6 Å². The van der Waals surface area contributed by atoms with Crippen molar-refractivity contribution in [1.82, 2.24) is 0 Å². The maximum absolute atomic E-state index is 10.3. The van der Waals surface area contributed by atoms with Gasteiger partial charge in [-0.1, -0.05) is 0 Å². The van der Waals surface area contributed by atoms with Crippen LogP contribution >= 0.6 is 15.0 Å². The van der Waals surface area contributed by atoms with Gasteiger partial charge in [-0.15, -0.1) is 0 Å². The molecule has 0 bridgehead atoms. The molecule has 0 aromatic rings. The Morgan fingerprint density at radius 3 is 1.50 bits per heavy atom. The van der Waals surface area contributed by atoms with Gasteiger partial charge in [0.1, 0.15) is 0 Å². The summed E-state index contributed by atoms with van der Waals surface area (Å²) in [5.74, 6) is 0. The zero-order chi connectivity index (χ0) is 8.58. The highest BCUT2D eigenvalue weighted by molar-refractivity contribution is 7.98. The molecule has 0 aliphatic carbocycles. The fourth-order valence-electron chi connectivity index (χ4n) is 0.242. The third kappa shape index (κ3) is 2.73. The van der Waals surface area contributed by atoms with Gasteiger partial charge in [-0.3, -0.25) is 13.9 Å². The summed E-state index contributed by atoms with van der Waals surface area (Å²) in [5, 5.41) is -1.90. The SMILES string of the molecule is CP(=O)(O)C(=O)P(=O)(O)O. The number of rotatable bonds is 2. The molecule has 0 saturated heterocycles. The molecule has 1 unspecified atom stereocenters. The van der Waals surface area contributed by atoms with E-state index in [4.69, 9.17) is 14.7 Å². The molecule has 0 aromatic heterocycles. The Kier molecular flexibility index (Phi) is 2.57. The molecule has 1 atom stereocenters. The van der Waals surface area contributed by atoms with Gasteiger partial charge in [0.05, 0.1) is 0 Å². The van der Waals surface area contributed by atoms with E-state index in [1.807, 2.05) is 0 Å². The van der Waals surface area contributed by atoms with Gasteiger partial charge in [-0.25, -0.2) is 0 Å². The first-order valence-corrected chi connectivity index (χ1v) is 5.78. The third-order valence-corrected chi connectivity index (χ3v) is 3.71. The van der Waals surface area contributed by atoms with Crippen LogP contribution in [0.15, 0.2) is 0 Å². The van der Waals surface area contributed by atoms with Crippen molar-refractivity contribution in [2.75, 3.05) is 6.66 Å². The zero-order valence-corrected chi connectivity index (χ0v) is 6.75. The van der Waals surface area contributed by atoms with Gasteiger partial charge in [0, 0.05) is 6.66 Å². The van der Waals surface area contributed by atoms with E-state index < -0.39 is 20.2 Å². The molecule has 60 valence electrons. The van der Waals surface area contributed by atoms with Gasteiger partial charge in [0.2, 0.25) is 0 Å². The summed E-state index contributed by atoms with van der Waals surface area (Å²) in [5.41, 5.74) is 0. The minimum Gasteiger partial charge on any atom is -0.339 e. The molecule has 0 aliphatic heterocycles. The molecule has 0 amide bonds. The summed E-state index contributed by atoms with van der Waals surface area (Å²) in [6, 6.07) is 0. The lowest BCUT2D eigenvalue weighted by Gasteiger charge is -2.03. The molecule has 0 rings (SSSR count). The topological polar surface area (TPSA) is 112 Å². The van der Waals surface area contributed by atoms with E-state index in [2.05, 4.69) is 0 Å². The van der Waals surface area contributed by atoms with Crippen molar-refractivity contribution in [3.05, 3.63) is 0 Å². The van der Waals surface area contributed by atoms with E-state index in [0.29, 0.717) is 6.66 Å². The van der Waals surface area contributed by atoms with Crippen molar-refractivity contribution in [2.24, 2.45) is 0 Å². The highest BCUT2D eigenvalue weighted by Gasteiger charge is 2.38. The maximum Gasteiger partial charge on any atom is 0.401 e. The monoisotopic (exact) mass is 188 g/mol. The molecule has 10 heavy (non-hydrogen) atoms. The van der Waals surface area contributed by atoms with Crippen LogP contribution in [0, 0.1) is 0 Å². The van der Waals surface area contributed by atoms with Gasteiger partial charge in [0.25, 0.3) is 7.37 Å². The summed E-state index contributed by atoms with van der Waals surface area (Å²) in [7, 11) is -9.31. The highest BCUT2D eigenvalue weighted by Crippen LogP contribution is 2.54. The van der Waals surface area contributed by atoms with E-state index in [1.165, 1.54) is 0 Å². The predicted molar refractivity (Wildman–Crippen MR) is 33.2 cm³/mol. The van der Waals surface area contributed by atoms with Crippen molar-refractivity contribution in [3.63, 3.8) is 0 Å². The van der Waals surface area contributed by atoms with Crippen molar-refractivity contribution in [2.45, 2.75) is 0 Å². The van der Waals surface area contributed by atoms with Crippen molar-refractivity contribution in [1.29, 1.82) is 0 Å². The van der Waals surface area contributed by atoms with Crippen LogP contribution in [-0.4, -0.2) is 26.6 Å². The van der Waals surface area contributed by atoms with Crippen LogP contribution in [0.5, 0.6) is 0 Å². The standard InChI is InChI=1S/C2H6O6P2/c1-9(4,5)2(3)10(6,7)8/h1H3,(H,4,5)(H2,6,7,8). The van der Waals surface area contributed by atoms with E-state index in [1.54, 1.807) is 0 Å². The zero-order valence-electron chi connectivity index (χ0n) is 4.96. The Bertz CT molecular complexity index is 206. The van der Waals surface area contributed by atoms with Gasteiger partial charge >= 0.3 is 12.9 Å². The molecule has 0 heterocycles. The van der Waals surface area contributed by atoms with Crippen LogP contribution < -0.4 is 0 Å². The number of carbonyl (C=O) groups excluding carboxylic acids is 1. The van der Waals surface area contributed by atoms with E-state index >= 15 is 0 Å². The molecular weight excluding hydrogens is 182 g/mol. The van der Waals surface area contributed by atoms with Gasteiger partial charge in [0.15, 0.2) is 0 Å². The molecule has 0 aliphatic rings. The van der Waals surface area contributed by atoms with Crippen LogP contribution in [0.2, 0.25) is 0 Å². The maximum atomic E-state index is 10.3. The predicted octanol–water partition coefficient (Wildman–Crippen LogP) is 0.184. The minimum atomic E-state index is -5.03. The quantitative estimate of drug-likeness (QED) is 0.533. The van der Waals surface area contributed by atoms with Gasteiger partial charge in [-0.05, 0) is 0 Å². The third-order valence-electron chi connectivity index (χ3n) is 0.604. The second-order valence-corrected chi connectivity index (χ2v) is 5.72. The van der Waals surface area contributed by atoms with Crippen LogP contribution in [0.1, 0.15) is 0 Å². The van der Waals surface area contributed by atoms with Crippen LogP contribution in [0.25, 0.3) is 0 Å². The first kappa shape index (κ1) is 10.0. The fraction of sp³-hybridized carbons (Fsp3) is 0.500. The Balaban J connectivity index is 4.75. The number of hydrogen-bond acceptors (Lipinski definition) is 3. The van der Waals surface area contributed by atoms with Gasteiger partial charge in [-0.2, -0.15) is 0 Å². The van der Waals surface area contributed by atoms with Crippen molar-refractivity contribution in [3.8, 4) is 0 Å². The van der Waals surface area contributed by atoms with Crippen LogP contribution in [0.4, 0.5) is 4.79 Å². The summed E-state index contributed by atoms with van der Waals surface area (Å²) >= 11 is 0. The summed E-state index contributed by atoms with van der Waals surface area (Å²) in [6.07, 6.45) is 0. The van der Waals surface area contributed by atoms with E-state index in [0.717, 1.165) is 0 Å². The Morgan fingerprint density at radius 1 is 1.20 bits per heavy atom. The number of hydrogen-bond donors (Lipinski definition) is 3. The molecule has 8 heteroatoms. The second-order valence-electron chi connectivity index (χ2n) is 1.71. The highest BCUT2D eigenvalue weighted by atomic mass is 31.2. The molecule has 3 N–H and O–H groups in total. The summed E-state index contributed by atoms with van der Waals surface area (Å²) < 4.78 is 20.3. The number of carbonyl (C=O) groups is 1. The van der Waals surface area contributed by atoms with Gasteiger partial charge < -0.3 is 14.7 Å². The average Bonchev–Trinajstić information content (AvgIpc) is 1.59. The molecule has 0 aromatic carbocycles. The lowest BCUT2D eigenvalue weighted by atomic mass is 11.8. The summed E-state index contributed by atoms with van der Waals surface area (Å²) in [6.45, 7) is 0.578. The normalized spacial score (nSPS) is 18.0. The molecule has 6 nitrogen and oxygen atoms in total. The largest absolute Gasteiger partial charge is 0.401 e. The lowest BCUT2D eigenvalue weighted by Crippen LogP contribution is -1.95. The lowest BCUT2D eigenvalue weighted by molar-refractivity contribution is 0.261. The van der Waals surface area contributed by atoms with Crippen LogP contribution in [-0.2, 0) is 9.13 Å². The van der Waals surface area contributed by atoms with Crippen molar-refractivity contribution >= 4 is 20.2 Å². The molecular formula is C2H6O6P2.